The second kappa shape index (κ2) is 10.7. The number of nitrogens with zero attached hydrogens (tertiary/aromatic N) is 5. The van der Waals surface area contributed by atoms with Crippen LogP contribution in [-0.4, -0.2) is 90.4 Å². The summed E-state index contributed by atoms with van der Waals surface area (Å²) >= 11 is 12.5. The number of nitrogens with one attached hydrogen (secondary N) is 1. The zero-order chi connectivity index (χ0) is 28.1. The minimum Gasteiger partial charge on any atom is -0.456 e. The first-order chi connectivity index (χ1) is 19.8. The van der Waals surface area contributed by atoms with E-state index in [2.05, 4.69) is 24.8 Å². The Morgan fingerprint density at radius 2 is 1.80 bits per heavy atom. The van der Waals surface area contributed by atoms with Gasteiger partial charge in [0.25, 0.3) is 6.01 Å². The molecule has 0 aliphatic carbocycles. The van der Waals surface area contributed by atoms with Gasteiger partial charge < -0.3 is 24.1 Å². The number of hydrogen-bond donors (Lipinski definition) is 1. The van der Waals surface area contributed by atoms with E-state index in [1.807, 2.05) is 12.1 Å². The molecular formula is C27H26Cl2N6O5S. The van der Waals surface area contributed by atoms with Crippen LogP contribution in [0, 0.1) is 0 Å². The molecule has 6 heterocycles. The summed E-state index contributed by atoms with van der Waals surface area (Å²) in [5.74, 6) is 0.746. The number of hydrogen-bond acceptors (Lipinski definition) is 9. The van der Waals surface area contributed by atoms with Gasteiger partial charge in [0.15, 0.2) is 11.8 Å². The second-order valence-corrected chi connectivity index (χ2v) is 12.9. The van der Waals surface area contributed by atoms with Crippen LogP contribution < -0.4 is 9.64 Å². The van der Waals surface area contributed by atoms with Crippen molar-refractivity contribution < 1.29 is 22.6 Å². The summed E-state index contributed by atoms with van der Waals surface area (Å²) in [7, 11) is -3.58. The van der Waals surface area contributed by atoms with Gasteiger partial charge in [0.2, 0.25) is 10.0 Å². The van der Waals surface area contributed by atoms with Crippen molar-refractivity contribution in [3.05, 3.63) is 58.7 Å². The number of H-pyrrole nitrogens is 1. The van der Waals surface area contributed by atoms with Crippen LogP contribution in [0.5, 0.6) is 6.01 Å². The van der Waals surface area contributed by atoms with Crippen LogP contribution in [0.3, 0.4) is 0 Å². The van der Waals surface area contributed by atoms with Crippen LogP contribution in [-0.2, 0) is 19.5 Å². The third kappa shape index (κ3) is 5.13. The Labute approximate surface area is 246 Å². The first-order valence-electron chi connectivity index (χ1n) is 13.3. The Balaban J connectivity index is 1.03. The number of fused-ring (bicyclic) bond motifs is 2. The first kappa shape index (κ1) is 26.9. The monoisotopic (exact) mass is 616 g/mol. The summed E-state index contributed by atoms with van der Waals surface area (Å²) in [5.41, 5.74) is 2.43. The minimum absolute atomic E-state index is 0.0743. The molecule has 3 atom stereocenters. The molecule has 0 saturated carbocycles. The van der Waals surface area contributed by atoms with Gasteiger partial charge in [-0.3, -0.25) is 0 Å². The standard InChI is InChI=1S/C27H26Cl2N6O5S/c28-17-2-4-18(5-3-17)41(36,37)35-10-8-34(9-11-35)23-6-1-16(14-30-23)24-19(29)13-20-26(32-24)33-27(31-20)40-22-15-39-21-7-12-38-25(21)22/h1-6,13-14,21-22,25H,7-12,15H2,(H,31,32,33)/t21-,22?,25+/m1/s1. The smallest absolute Gasteiger partial charge is 0.296 e. The van der Waals surface area contributed by atoms with E-state index in [0.717, 1.165) is 17.8 Å². The summed E-state index contributed by atoms with van der Waals surface area (Å²) < 4.78 is 45.0. The molecule has 0 spiro atoms. The van der Waals surface area contributed by atoms with E-state index in [1.165, 1.54) is 16.4 Å². The zero-order valence-electron chi connectivity index (χ0n) is 21.7. The first-order valence-corrected chi connectivity index (χ1v) is 15.5. The predicted molar refractivity (Wildman–Crippen MR) is 153 cm³/mol. The molecule has 3 aliphatic rings. The Morgan fingerprint density at radius 3 is 2.56 bits per heavy atom. The highest BCUT2D eigenvalue weighted by Gasteiger charge is 2.43. The number of rotatable bonds is 6. The molecule has 3 fully saturated rings. The molecule has 41 heavy (non-hydrogen) atoms. The average Bonchev–Trinajstić information content (AvgIpc) is 3.70. The Morgan fingerprint density at radius 1 is 1.00 bits per heavy atom. The normalized spacial score (nSPS) is 23.3. The van der Waals surface area contributed by atoms with Crippen LogP contribution >= 0.6 is 23.2 Å². The SMILES string of the molecule is O=S(=O)(c1ccc(Cl)cc1)N1CCN(c2ccc(-c3nc4nc(OC5CO[C@@H]6CCO[C@H]56)[nH]c4cc3Cl)cn2)CC1. The van der Waals surface area contributed by atoms with Crippen molar-refractivity contribution in [3.63, 3.8) is 0 Å². The van der Waals surface area contributed by atoms with Crippen LogP contribution in [0.1, 0.15) is 6.42 Å². The van der Waals surface area contributed by atoms with E-state index in [9.17, 15) is 8.42 Å². The van der Waals surface area contributed by atoms with Gasteiger partial charge in [-0.2, -0.15) is 9.29 Å². The van der Waals surface area contributed by atoms with Crippen molar-refractivity contribution in [2.75, 3.05) is 44.3 Å². The highest BCUT2D eigenvalue weighted by Crippen LogP contribution is 2.32. The highest BCUT2D eigenvalue weighted by atomic mass is 35.5. The summed E-state index contributed by atoms with van der Waals surface area (Å²) in [6.45, 7) is 2.85. The molecule has 11 nitrogen and oxygen atoms in total. The topological polar surface area (TPSA) is 123 Å². The van der Waals surface area contributed by atoms with E-state index in [0.29, 0.717) is 72.3 Å². The third-order valence-electron chi connectivity index (χ3n) is 7.62. The van der Waals surface area contributed by atoms with E-state index in [-0.39, 0.29) is 23.2 Å². The lowest BCUT2D eigenvalue weighted by molar-refractivity contribution is 0.0273. The van der Waals surface area contributed by atoms with Gasteiger partial charge >= 0.3 is 0 Å². The zero-order valence-corrected chi connectivity index (χ0v) is 24.1. The second-order valence-electron chi connectivity index (χ2n) is 10.1. The molecule has 3 saturated heterocycles. The fraction of sp³-hybridized carbons (Fsp3) is 0.370. The lowest BCUT2D eigenvalue weighted by atomic mass is 10.1. The number of ether oxygens (including phenoxy) is 3. The van der Waals surface area contributed by atoms with Gasteiger partial charge in [0.05, 0.1) is 33.8 Å². The molecular weight excluding hydrogens is 591 g/mol. The predicted octanol–water partition coefficient (Wildman–Crippen LogP) is 3.77. The molecule has 3 aromatic heterocycles. The summed E-state index contributed by atoms with van der Waals surface area (Å²) in [5, 5.41) is 0.946. The van der Waals surface area contributed by atoms with Crippen LogP contribution in [0.25, 0.3) is 22.4 Å². The number of sulfonamides is 1. The third-order valence-corrected chi connectivity index (χ3v) is 10.1. The largest absolute Gasteiger partial charge is 0.456 e. The maximum absolute atomic E-state index is 13.0. The number of aromatic nitrogens is 4. The molecule has 0 bridgehead atoms. The molecule has 214 valence electrons. The fourth-order valence-electron chi connectivity index (χ4n) is 5.45. The minimum atomic E-state index is -3.58. The van der Waals surface area contributed by atoms with Crippen LogP contribution in [0.15, 0.2) is 53.6 Å². The van der Waals surface area contributed by atoms with E-state index < -0.39 is 10.0 Å². The average molecular weight is 618 g/mol. The maximum atomic E-state index is 13.0. The lowest BCUT2D eigenvalue weighted by Gasteiger charge is -2.34. The number of benzene rings is 1. The number of halogens is 2. The molecule has 0 radical (unpaired) electrons. The summed E-state index contributed by atoms with van der Waals surface area (Å²) in [4.78, 5) is 19.2. The van der Waals surface area contributed by atoms with E-state index in [4.69, 9.17) is 37.4 Å². The van der Waals surface area contributed by atoms with Crippen LogP contribution in [0.4, 0.5) is 5.82 Å². The van der Waals surface area contributed by atoms with Gasteiger partial charge in [0, 0.05) is 49.6 Å². The van der Waals surface area contributed by atoms with Crippen molar-refractivity contribution in [1.29, 1.82) is 0 Å². The number of imidazole rings is 1. The van der Waals surface area contributed by atoms with Gasteiger partial charge in [-0.15, -0.1) is 0 Å². The van der Waals surface area contributed by atoms with Crippen molar-refractivity contribution in [2.45, 2.75) is 29.6 Å². The lowest BCUT2D eigenvalue weighted by Crippen LogP contribution is -2.48. The molecule has 14 heteroatoms. The number of anilines is 1. The van der Waals surface area contributed by atoms with Crippen molar-refractivity contribution in [3.8, 4) is 17.3 Å². The Kier molecular flexibility index (Phi) is 7.00. The molecule has 1 unspecified atom stereocenters. The number of pyridine rings is 2. The van der Waals surface area contributed by atoms with E-state index >= 15 is 0 Å². The molecule has 0 amide bonds. The molecule has 4 aromatic rings. The maximum Gasteiger partial charge on any atom is 0.296 e. The van der Waals surface area contributed by atoms with Gasteiger partial charge in [-0.05, 0) is 48.9 Å². The van der Waals surface area contributed by atoms with Gasteiger partial charge in [-0.25, -0.2) is 18.4 Å². The summed E-state index contributed by atoms with van der Waals surface area (Å²) in [6, 6.07) is 12.1. The highest BCUT2D eigenvalue weighted by molar-refractivity contribution is 7.89. The Hall–Kier alpha value is -3.00. The van der Waals surface area contributed by atoms with E-state index in [1.54, 1.807) is 24.4 Å². The summed E-state index contributed by atoms with van der Waals surface area (Å²) in [6.07, 6.45) is 2.35. The van der Waals surface area contributed by atoms with Gasteiger partial charge in [0.1, 0.15) is 11.9 Å². The van der Waals surface area contributed by atoms with Crippen LogP contribution in [0.2, 0.25) is 10.0 Å². The molecule has 1 N–H and O–H groups in total. The number of piperazine rings is 1. The van der Waals surface area contributed by atoms with Crippen molar-refractivity contribution in [2.24, 2.45) is 0 Å². The molecule has 7 rings (SSSR count). The number of aromatic amines is 1. The van der Waals surface area contributed by atoms with Crippen molar-refractivity contribution >= 4 is 50.2 Å². The molecule has 3 aliphatic heterocycles. The Bertz CT molecular complexity index is 1680. The van der Waals surface area contributed by atoms with Crippen molar-refractivity contribution in [1.82, 2.24) is 24.2 Å². The molecule has 1 aromatic carbocycles. The quantitative estimate of drug-likeness (QED) is 0.345. The van der Waals surface area contributed by atoms with Gasteiger partial charge in [-0.1, -0.05) is 23.2 Å². The fourth-order valence-corrected chi connectivity index (χ4v) is 7.26.